The van der Waals surface area contributed by atoms with E-state index in [9.17, 15) is 18.0 Å². The molecule has 2 aromatic heterocycles. The van der Waals surface area contributed by atoms with Gasteiger partial charge in [0.1, 0.15) is 0 Å². The van der Waals surface area contributed by atoms with E-state index in [4.69, 9.17) is 11.6 Å². The molecule has 0 radical (unpaired) electrons. The number of carbonyl (C=O) groups is 1. The number of fused-ring (bicyclic) bond motifs is 3. The van der Waals surface area contributed by atoms with Gasteiger partial charge in [0.25, 0.3) is 0 Å². The average Bonchev–Trinajstić information content (AvgIpc) is 3.22. The summed E-state index contributed by atoms with van der Waals surface area (Å²) in [4.78, 5) is 17.0. The number of aromatic nitrogens is 4. The molecule has 4 aromatic rings. The Balaban J connectivity index is 1.56. The molecule has 1 unspecified atom stereocenters. The largest absolute Gasteiger partial charge is 0.416 e. The van der Waals surface area contributed by atoms with Gasteiger partial charge in [-0.25, -0.2) is 10.1 Å². The van der Waals surface area contributed by atoms with Crippen molar-refractivity contribution >= 4 is 51.8 Å². The number of benzene rings is 2. The molecule has 0 aliphatic heterocycles. The molecule has 29 heavy (non-hydrogen) atoms. The van der Waals surface area contributed by atoms with Crippen LogP contribution >= 0.6 is 23.4 Å². The van der Waals surface area contributed by atoms with Crippen molar-refractivity contribution in [1.29, 1.82) is 0 Å². The fourth-order valence-corrected chi connectivity index (χ4v) is 3.80. The number of halogens is 4. The topological polar surface area (TPSA) is 75.1 Å². The lowest BCUT2D eigenvalue weighted by Gasteiger charge is -2.14. The maximum absolute atomic E-state index is 12.9. The number of alkyl halides is 3. The smallest absolute Gasteiger partial charge is 0.324 e. The number of H-pyrrole nitrogens is 1. The predicted molar refractivity (Wildman–Crippen MR) is 105 cm³/mol. The molecule has 6 nitrogen and oxygen atoms in total. The van der Waals surface area contributed by atoms with Gasteiger partial charge in [-0.3, -0.25) is 9.20 Å². The van der Waals surface area contributed by atoms with Gasteiger partial charge in [-0.2, -0.15) is 13.2 Å². The molecule has 2 N–H and O–H groups in total. The standard InChI is InChI=1S/C18H13ClF3N5OS/c1-9(15(28)23-13-8-10(18(20,21)22)6-7-11(13)19)29-17-26-25-16-24-12-4-2-3-5-14(12)27(16)17/h2-9H,1H3,(H,23,28)(H,24,25). The first-order valence-electron chi connectivity index (χ1n) is 8.40. The number of thioether (sulfide) groups is 1. The molecular formula is C18H13ClF3N5OS. The van der Waals surface area contributed by atoms with Gasteiger partial charge in [-0.05, 0) is 37.3 Å². The first-order valence-corrected chi connectivity index (χ1v) is 9.65. The second-order valence-corrected chi connectivity index (χ2v) is 7.92. The van der Waals surface area contributed by atoms with Crippen LogP contribution in [0.2, 0.25) is 5.02 Å². The number of imidazole rings is 1. The number of amides is 1. The molecule has 0 saturated carbocycles. The Morgan fingerprint density at radius 2 is 2.03 bits per heavy atom. The average molecular weight is 440 g/mol. The Morgan fingerprint density at radius 1 is 1.28 bits per heavy atom. The van der Waals surface area contributed by atoms with Crippen LogP contribution in [0.3, 0.4) is 0 Å². The van der Waals surface area contributed by atoms with E-state index in [-0.39, 0.29) is 10.7 Å². The number of carbonyl (C=O) groups excluding carboxylic acids is 1. The fourth-order valence-electron chi connectivity index (χ4n) is 2.76. The minimum Gasteiger partial charge on any atom is -0.324 e. The molecule has 11 heteroatoms. The molecule has 0 aliphatic carbocycles. The molecule has 4 rings (SSSR count). The van der Waals surface area contributed by atoms with E-state index in [0.717, 1.165) is 41.0 Å². The van der Waals surface area contributed by atoms with Crippen molar-refractivity contribution in [2.45, 2.75) is 23.5 Å². The van der Waals surface area contributed by atoms with E-state index in [0.29, 0.717) is 10.9 Å². The molecule has 0 aliphatic rings. The van der Waals surface area contributed by atoms with E-state index in [1.165, 1.54) is 0 Å². The number of nitrogens with one attached hydrogen (secondary N) is 2. The lowest BCUT2D eigenvalue weighted by molar-refractivity contribution is -0.137. The van der Waals surface area contributed by atoms with Crippen LogP contribution in [0.25, 0.3) is 16.8 Å². The van der Waals surface area contributed by atoms with Crippen molar-refractivity contribution in [3.8, 4) is 0 Å². The maximum atomic E-state index is 12.9. The zero-order valence-electron chi connectivity index (χ0n) is 14.8. The first kappa shape index (κ1) is 19.6. The zero-order valence-corrected chi connectivity index (χ0v) is 16.4. The van der Waals surface area contributed by atoms with Gasteiger partial charge in [-0.1, -0.05) is 35.5 Å². The minimum absolute atomic E-state index is 0.0197. The summed E-state index contributed by atoms with van der Waals surface area (Å²) in [6.45, 7) is 1.63. The van der Waals surface area contributed by atoms with E-state index >= 15 is 0 Å². The van der Waals surface area contributed by atoms with Crippen molar-refractivity contribution in [2.24, 2.45) is 0 Å². The molecule has 2 heterocycles. The van der Waals surface area contributed by atoms with Crippen molar-refractivity contribution in [1.82, 2.24) is 19.6 Å². The van der Waals surface area contributed by atoms with Gasteiger partial charge in [-0.15, -0.1) is 5.10 Å². The Hall–Kier alpha value is -2.72. The molecule has 0 bridgehead atoms. The molecule has 1 atom stereocenters. The highest BCUT2D eigenvalue weighted by molar-refractivity contribution is 8.00. The van der Waals surface area contributed by atoms with Gasteiger partial charge in [0, 0.05) is 0 Å². The van der Waals surface area contributed by atoms with Gasteiger partial charge < -0.3 is 5.32 Å². The highest BCUT2D eigenvalue weighted by Crippen LogP contribution is 2.34. The van der Waals surface area contributed by atoms with Crippen LogP contribution in [-0.4, -0.2) is 30.7 Å². The minimum atomic E-state index is -4.53. The van der Waals surface area contributed by atoms with Gasteiger partial charge in [0.05, 0.1) is 32.6 Å². The van der Waals surface area contributed by atoms with Gasteiger partial charge in [0.15, 0.2) is 5.16 Å². The summed E-state index contributed by atoms with van der Waals surface area (Å²) in [6, 6.07) is 10.2. The van der Waals surface area contributed by atoms with Crippen LogP contribution in [0.5, 0.6) is 0 Å². The van der Waals surface area contributed by atoms with Crippen LogP contribution in [0.1, 0.15) is 12.5 Å². The molecule has 0 fully saturated rings. The van der Waals surface area contributed by atoms with Crippen LogP contribution in [0, 0.1) is 0 Å². The number of anilines is 1. The lowest BCUT2D eigenvalue weighted by atomic mass is 10.2. The molecule has 2 aromatic carbocycles. The normalized spacial score (nSPS) is 13.1. The quantitative estimate of drug-likeness (QED) is 0.439. The summed E-state index contributed by atoms with van der Waals surface area (Å²) >= 11 is 7.09. The van der Waals surface area contributed by atoms with E-state index in [1.54, 1.807) is 11.3 Å². The number of hydrogen-bond donors (Lipinski definition) is 2. The Morgan fingerprint density at radius 3 is 2.79 bits per heavy atom. The number of nitrogens with zero attached hydrogens (tertiary/aromatic N) is 3. The number of aromatic amines is 1. The summed E-state index contributed by atoms with van der Waals surface area (Å²) in [5.41, 5.74) is 0.610. The third kappa shape index (κ3) is 3.77. The zero-order chi connectivity index (χ0) is 20.8. The second kappa shape index (κ2) is 7.27. The first-order chi connectivity index (χ1) is 13.7. The summed E-state index contributed by atoms with van der Waals surface area (Å²) in [5.74, 6) is 0.0269. The number of para-hydroxylation sites is 2. The van der Waals surface area contributed by atoms with Crippen molar-refractivity contribution in [2.75, 3.05) is 5.32 Å². The van der Waals surface area contributed by atoms with Gasteiger partial charge >= 0.3 is 6.18 Å². The summed E-state index contributed by atoms with van der Waals surface area (Å²) < 4.78 is 40.5. The SMILES string of the molecule is CC(Sc1n[nH]c2nc3ccccc3n12)C(=O)Nc1cc(C(F)(F)F)ccc1Cl. The molecular weight excluding hydrogens is 427 g/mol. The number of hydrogen-bond acceptors (Lipinski definition) is 4. The monoisotopic (exact) mass is 439 g/mol. The van der Waals surface area contributed by atoms with E-state index < -0.39 is 22.9 Å². The number of rotatable bonds is 4. The molecule has 0 saturated heterocycles. The van der Waals surface area contributed by atoms with Crippen LogP contribution < -0.4 is 5.32 Å². The fraction of sp³-hybridized carbons (Fsp3) is 0.167. The van der Waals surface area contributed by atoms with Crippen LogP contribution in [-0.2, 0) is 11.0 Å². The van der Waals surface area contributed by atoms with Crippen LogP contribution in [0.15, 0.2) is 47.6 Å². The highest BCUT2D eigenvalue weighted by Gasteiger charge is 2.31. The highest BCUT2D eigenvalue weighted by atomic mass is 35.5. The third-order valence-corrected chi connectivity index (χ3v) is 5.59. The second-order valence-electron chi connectivity index (χ2n) is 6.21. The van der Waals surface area contributed by atoms with E-state index in [1.807, 2.05) is 24.3 Å². The Bertz CT molecular complexity index is 1220. The summed E-state index contributed by atoms with van der Waals surface area (Å²) in [7, 11) is 0. The summed E-state index contributed by atoms with van der Waals surface area (Å²) in [6.07, 6.45) is -4.53. The van der Waals surface area contributed by atoms with E-state index in [2.05, 4.69) is 20.5 Å². The Kier molecular flexibility index (Phi) is 4.91. The molecule has 1 amide bonds. The van der Waals surface area contributed by atoms with Crippen molar-refractivity contribution < 1.29 is 18.0 Å². The third-order valence-electron chi connectivity index (χ3n) is 4.21. The van der Waals surface area contributed by atoms with Gasteiger partial charge in [0.2, 0.25) is 11.7 Å². The van der Waals surface area contributed by atoms with Crippen molar-refractivity contribution in [3.05, 3.63) is 53.1 Å². The molecule has 150 valence electrons. The molecule has 0 spiro atoms. The van der Waals surface area contributed by atoms with Crippen LogP contribution in [0.4, 0.5) is 18.9 Å². The lowest BCUT2D eigenvalue weighted by Crippen LogP contribution is -2.23. The summed E-state index contributed by atoms with van der Waals surface area (Å²) in [5, 5.41) is 9.32. The van der Waals surface area contributed by atoms with Crippen molar-refractivity contribution in [3.63, 3.8) is 0 Å². The predicted octanol–water partition coefficient (Wildman–Crippen LogP) is 5.00. The maximum Gasteiger partial charge on any atom is 0.416 e. The Labute approximate surface area is 171 Å².